The number of hydrogen-bond acceptors (Lipinski definition) is 2. The molecule has 4 rings (SSSR count). The third-order valence-electron chi connectivity index (χ3n) is 5.95. The van der Waals surface area contributed by atoms with Gasteiger partial charge in [0.25, 0.3) is 0 Å². The molecule has 4 aromatic rings. The Morgan fingerprint density at radius 2 is 1.58 bits per heavy atom. The standard InChI is InChI=1S/C29H21ClF4N2/c1-2-21-10-6-7-11-22(21)18-36-28(17-20-8-4-3-5-9-20,27-13-12-25(30)19-35-27)23-14-24(29(32,33)34)16-26(31)15-23/h1,3-16,19,36H,17-18H2. The van der Waals surface area contributed by atoms with Crippen molar-refractivity contribution in [1.29, 1.82) is 0 Å². The predicted octanol–water partition coefficient (Wildman–Crippen LogP) is 7.15. The van der Waals surface area contributed by atoms with Crippen molar-refractivity contribution in [3.8, 4) is 12.3 Å². The number of benzene rings is 3. The molecule has 1 heterocycles. The van der Waals surface area contributed by atoms with E-state index in [9.17, 15) is 17.6 Å². The molecule has 0 bridgehead atoms. The molecule has 0 amide bonds. The van der Waals surface area contributed by atoms with Crippen molar-refractivity contribution in [1.82, 2.24) is 10.3 Å². The van der Waals surface area contributed by atoms with Gasteiger partial charge in [-0.1, -0.05) is 66.1 Å². The molecule has 182 valence electrons. The van der Waals surface area contributed by atoms with E-state index in [1.165, 1.54) is 6.20 Å². The Hall–Kier alpha value is -3.66. The highest BCUT2D eigenvalue weighted by molar-refractivity contribution is 6.30. The minimum absolute atomic E-state index is 0.0756. The van der Waals surface area contributed by atoms with Crippen molar-refractivity contribution in [2.24, 2.45) is 0 Å². The first-order valence-corrected chi connectivity index (χ1v) is 11.4. The molecule has 0 aliphatic heterocycles. The maximum Gasteiger partial charge on any atom is 0.416 e. The van der Waals surface area contributed by atoms with Gasteiger partial charge < -0.3 is 0 Å². The molecule has 1 atom stereocenters. The molecule has 0 radical (unpaired) electrons. The number of terminal acetylenes is 1. The van der Waals surface area contributed by atoms with Crippen molar-refractivity contribution in [2.45, 2.75) is 24.7 Å². The average Bonchev–Trinajstić information content (AvgIpc) is 2.87. The second-order valence-electron chi connectivity index (χ2n) is 8.31. The molecule has 0 spiro atoms. The van der Waals surface area contributed by atoms with Crippen LogP contribution in [0.5, 0.6) is 0 Å². The first-order valence-electron chi connectivity index (χ1n) is 11.0. The van der Waals surface area contributed by atoms with Gasteiger partial charge in [0.2, 0.25) is 0 Å². The van der Waals surface area contributed by atoms with Crippen molar-refractivity contribution in [2.75, 3.05) is 0 Å². The van der Waals surface area contributed by atoms with Crippen LogP contribution in [0.4, 0.5) is 17.6 Å². The van der Waals surface area contributed by atoms with Crippen LogP contribution in [-0.2, 0) is 24.7 Å². The van der Waals surface area contributed by atoms with Crippen molar-refractivity contribution in [3.63, 3.8) is 0 Å². The zero-order valence-electron chi connectivity index (χ0n) is 19.0. The van der Waals surface area contributed by atoms with Gasteiger partial charge in [-0.05, 0) is 53.1 Å². The van der Waals surface area contributed by atoms with Gasteiger partial charge in [0, 0.05) is 24.7 Å². The van der Waals surface area contributed by atoms with Crippen molar-refractivity contribution >= 4 is 11.6 Å². The fourth-order valence-corrected chi connectivity index (χ4v) is 4.30. The first-order chi connectivity index (χ1) is 17.2. The molecule has 36 heavy (non-hydrogen) atoms. The Morgan fingerprint density at radius 1 is 0.889 bits per heavy atom. The molecule has 2 nitrogen and oxygen atoms in total. The van der Waals surface area contributed by atoms with Gasteiger partial charge in [-0.15, -0.1) is 6.42 Å². The van der Waals surface area contributed by atoms with E-state index in [2.05, 4.69) is 16.2 Å². The number of nitrogens with zero attached hydrogens (tertiary/aromatic N) is 1. The minimum atomic E-state index is -4.74. The maximum absolute atomic E-state index is 14.7. The third kappa shape index (κ3) is 5.59. The lowest BCUT2D eigenvalue weighted by Crippen LogP contribution is -2.46. The van der Waals surface area contributed by atoms with E-state index in [1.54, 1.807) is 24.3 Å². The quantitative estimate of drug-likeness (QED) is 0.212. The summed E-state index contributed by atoms with van der Waals surface area (Å²) in [6, 6.07) is 22.2. The second kappa shape index (κ2) is 10.5. The van der Waals surface area contributed by atoms with Crippen molar-refractivity contribution < 1.29 is 17.6 Å². The zero-order chi connectivity index (χ0) is 25.8. The lowest BCUT2D eigenvalue weighted by Gasteiger charge is -2.36. The average molecular weight is 509 g/mol. The molecule has 1 N–H and O–H groups in total. The van der Waals surface area contributed by atoms with E-state index in [4.69, 9.17) is 18.0 Å². The normalized spacial score (nSPS) is 13.1. The maximum atomic E-state index is 14.7. The predicted molar refractivity (Wildman–Crippen MR) is 133 cm³/mol. The summed E-state index contributed by atoms with van der Waals surface area (Å²) >= 11 is 6.08. The fourth-order valence-electron chi connectivity index (χ4n) is 4.19. The summed E-state index contributed by atoms with van der Waals surface area (Å²) in [5.74, 6) is 1.62. The summed E-state index contributed by atoms with van der Waals surface area (Å²) in [4.78, 5) is 4.46. The van der Waals surface area contributed by atoms with Crippen LogP contribution in [0.15, 0.2) is 91.1 Å². The number of alkyl halides is 3. The largest absolute Gasteiger partial charge is 0.416 e. The first kappa shape index (κ1) is 25.4. The van der Waals surface area contributed by atoms with Crippen LogP contribution in [0.25, 0.3) is 0 Å². The highest BCUT2D eigenvalue weighted by atomic mass is 35.5. The molecule has 7 heteroatoms. The van der Waals surface area contributed by atoms with E-state index < -0.39 is 23.1 Å². The minimum Gasteiger partial charge on any atom is -0.298 e. The van der Waals surface area contributed by atoms with Gasteiger partial charge in [-0.2, -0.15) is 13.2 Å². The number of nitrogens with one attached hydrogen (secondary N) is 1. The summed E-state index contributed by atoms with van der Waals surface area (Å²) in [7, 11) is 0. The number of hydrogen-bond donors (Lipinski definition) is 1. The molecule has 1 aromatic heterocycles. The summed E-state index contributed by atoms with van der Waals surface area (Å²) in [5.41, 5.74) is 0.228. The third-order valence-corrected chi connectivity index (χ3v) is 6.17. The molecule has 1 unspecified atom stereocenters. The van der Waals surface area contributed by atoms with Crippen LogP contribution in [0, 0.1) is 18.2 Å². The van der Waals surface area contributed by atoms with E-state index in [0.717, 1.165) is 23.3 Å². The number of halogens is 5. The molecule has 0 saturated carbocycles. The SMILES string of the molecule is C#Cc1ccccc1CNC(Cc1ccccc1)(c1cc(F)cc(C(F)(F)F)c1)c1ccc(Cl)cn1. The summed E-state index contributed by atoms with van der Waals surface area (Å²) in [5, 5.41) is 3.76. The molecule has 0 aliphatic carbocycles. The second-order valence-corrected chi connectivity index (χ2v) is 8.75. The van der Waals surface area contributed by atoms with Gasteiger partial charge in [-0.25, -0.2) is 4.39 Å². The summed E-state index contributed by atoms with van der Waals surface area (Å²) in [6.45, 7) is 0.190. The highest BCUT2D eigenvalue weighted by Gasteiger charge is 2.39. The fraction of sp³-hybridized carbons (Fsp3) is 0.138. The van der Waals surface area contributed by atoms with E-state index in [0.29, 0.717) is 22.3 Å². The molecule has 0 saturated heterocycles. The molecule has 0 aliphatic rings. The topological polar surface area (TPSA) is 24.9 Å². The monoisotopic (exact) mass is 508 g/mol. The van der Waals surface area contributed by atoms with Crippen molar-refractivity contribution in [3.05, 3.63) is 135 Å². The Bertz CT molecular complexity index is 1380. The number of pyridine rings is 1. The lowest BCUT2D eigenvalue weighted by molar-refractivity contribution is -0.137. The Labute approximate surface area is 212 Å². The summed E-state index contributed by atoms with van der Waals surface area (Å²) in [6.07, 6.45) is 2.52. The number of rotatable bonds is 7. The highest BCUT2D eigenvalue weighted by Crippen LogP contribution is 2.38. The molecular weight excluding hydrogens is 488 g/mol. The Morgan fingerprint density at radius 3 is 2.25 bits per heavy atom. The van der Waals surface area contributed by atoms with E-state index >= 15 is 0 Å². The van der Waals surface area contributed by atoms with Crippen LogP contribution >= 0.6 is 11.6 Å². The van der Waals surface area contributed by atoms with Crippen LogP contribution in [0.2, 0.25) is 5.02 Å². The smallest absolute Gasteiger partial charge is 0.298 e. The van der Waals surface area contributed by atoms with Crippen LogP contribution in [-0.4, -0.2) is 4.98 Å². The van der Waals surface area contributed by atoms with Gasteiger partial charge in [0.05, 0.1) is 21.8 Å². The molecule has 0 fully saturated rings. The zero-order valence-corrected chi connectivity index (χ0v) is 19.7. The molecular formula is C29H21ClF4N2. The lowest BCUT2D eigenvalue weighted by atomic mass is 9.79. The van der Waals surface area contributed by atoms with Crippen LogP contribution in [0.1, 0.15) is 33.5 Å². The Kier molecular flexibility index (Phi) is 7.44. The Balaban J connectivity index is 1.95. The van der Waals surface area contributed by atoms with Gasteiger partial charge in [0.15, 0.2) is 0 Å². The van der Waals surface area contributed by atoms with E-state index in [1.807, 2.05) is 42.5 Å². The van der Waals surface area contributed by atoms with Gasteiger partial charge in [-0.3, -0.25) is 10.3 Å². The van der Waals surface area contributed by atoms with Crippen LogP contribution < -0.4 is 5.32 Å². The summed E-state index contributed by atoms with van der Waals surface area (Å²) < 4.78 is 55.9. The van der Waals surface area contributed by atoms with E-state index in [-0.39, 0.29) is 18.5 Å². The molecule has 3 aromatic carbocycles. The van der Waals surface area contributed by atoms with Gasteiger partial charge in [0.1, 0.15) is 5.82 Å². The van der Waals surface area contributed by atoms with Gasteiger partial charge >= 0.3 is 6.18 Å². The number of aromatic nitrogens is 1. The van der Waals surface area contributed by atoms with Crippen LogP contribution in [0.3, 0.4) is 0 Å².